The normalized spacial score (nSPS) is 17.1. The average molecular weight is 432 g/mol. The molecule has 3 rings (SSSR count). The van der Waals surface area contributed by atoms with E-state index in [4.69, 9.17) is 4.74 Å². The minimum Gasteiger partial charge on any atom is -0.375 e. The molecule has 0 radical (unpaired) electrons. The number of sulfone groups is 1. The molecule has 1 fully saturated rings. The third kappa shape index (κ3) is 5.88. The Morgan fingerprint density at radius 2 is 1.53 bits per heavy atom. The number of benzene rings is 2. The number of anilines is 2. The number of methoxy groups -OCH3 is 1. The fourth-order valence-corrected chi connectivity index (χ4v) is 4.55. The molecule has 0 aromatic heterocycles. The highest BCUT2D eigenvalue weighted by Gasteiger charge is 2.32. The van der Waals surface area contributed by atoms with E-state index >= 15 is 0 Å². The van der Waals surface area contributed by atoms with Crippen molar-refractivity contribution in [1.29, 1.82) is 0 Å². The van der Waals surface area contributed by atoms with Gasteiger partial charge in [-0.3, -0.25) is 14.5 Å². The van der Waals surface area contributed by atoms with E-state index in [1.165, 1.54) is 7.11 Å². The number of amides is 2. The highest BCUT2D eigenvalue weighted by molar-refractivity contribution is 7.91. The van der Waals surface area contributed by atoms with Crippen molar-refractivity contribution < 1.29 is 22.7 Å². The zero-order valence-corrected chi connectivity index (χ0v) is 17.5. The molecule has 2 aromatic carbocycles. The van der Waals surface area contributed by atoms with Crippen LogP contribution in [0.3, 0.4) is 0 Å². The van der Waals surface area contributed by atoms with Gasteiger partial charge in [-0.25, -0.2) is 8.42 Å². The minimum atomic E-state index is -3.05. The first-order valence-electron chi connectivity index (χ1n) is 9.57. The van der Waals surface area contributed by atoms with Crippen LogP contribution in [-0.2, 0) is 24.2 Å². The van der Waals surface area contributed by atoms with Crippen LogP contribution >= 0.6 is 0 Å². The van der Waals surface area contributed by atoms with E-state index in [0.717, 1.165) is 5.56 Å². The van der Waals surface area contributed by atoms with E-state index < -0.39 is 15.9 Å². The van der Waals surface area contributed by atoms with Gasteiger partial charge in [-0.2, -0.15) is 0 Å². The molecule has 2 aromatic rings. The predicted molar refractivity (Wildman–Crippen MR) is 115 cm³/mol. The molecule has 0 saturated carbocycles. The summed E-state index contributed by atoms with van der Waals surface area (Å²) in [6.07, 6.45) is 0. The summed E-state index contributed by atoms with van der Waals surface area (Å²) in [4.78, 5) is 26.6. The van der Waals surface area contributed by atoms with Crippen molar-refractivity contribution in [3.63, 3.8) is 0 Å². The molecule has 2 amide bonds. The van der Waals surface area contributed by atoms with E-state index in [1.807, 2.05) is 35.2 Å². The third-order valence-electron chi connectivity index (χ3n) is 4.82. The zero-order chi connectivity index (χ0) is 21.6. The van der Waals surface area contributed by atoms with Gasteiger partial charge in [0.2, 0.25) is 11.8 Å². The largest absolute Gasteiger partial charge is 0.375 e. The summed E-state index contributed by atoms with van der Waals surface area (Å²) in [5.74, 6) is -0.422. The van der Waals surface area contributed by atoms with Gasteiger partial charge in [-0.15, -0.1) is 0 Å². The quantitative estimate of drug-likeness (QED) is 0.691. The minimum absolute atomic E-state index is 0.0389. The average Bonchev–Trinajstić information content (AvgIpc) is 2.72. The van der Waals surface area contributed by atoms with Gasteiger partial charge in [-0.1, -0.05) is 30.3 Å². The van der Waals surface area contributed by atoms with Crippen LogP contribution < -0.4 is 10.6 Å². The Bertz CT molecular complexity index is 963. The summed E-state index contributed by atoms with van der Waals surface area (Å²) in [5, 5.41) is 5.59. The fourth-order valence-electron chi connectivity index (χ4n) is 3.32. The molecule has 1 aliphatic heterocycles. The van der Waals surface area contributed by atoms with Crippen LogP contribution in [0.25, 0.3) is 0 Å². The van der Waals surface area contributed by atoms with Gasteiger partial charge in [0.05, 0.1) is 11.5 Å². The van der Waals surface area contributed by atoms with Crippen molar-refractivity contribution >= 4 is 33.0 Å². The number of rotatable bonds is 7. The van der Waals surface area contributed by atoms with Crippen LogP contribution in [0.5, 0.6) is 0 Å². The number of carbonyl (C=O) groups is 2. The molecule has 2 N–H and O–H groups in total. The van der Waals surface area contributed by atoms with Crippen LogP contribution in [-0.4, -0.2) is 63.4 Å². The number of hydrogen-bond donors (Lipinski definition) is 2. The summed E-state index contributed by atoms with van der Waals surface area (Å²) in [5.41, 5.74) is 1.98. The number of carbonyl (C=O) groups excluding carboxylic acids is 2. The smallest absolute Gasteiger partial charge is 0.250 e. The van der Waals surface area contributed by atoms with Gasteiger partial charge in [0.25, 0.3) is 0 Å². The Kier molecular flexibility index (Phi) is 7.20. The molecule has 30 heavy (non-hydrogen) atoms. The van der Waals surface area contributed by atoms with E-state index in [1.54, 1.807) is 24.3 Å². The Balaban J connectivity index is 1.73. The maximum Gasteiger partial charge on any atom is 0.250 e. The van der Waals surface area contributed by atoms with E-state index in [9.17, 15) is 18.0 Å². The van der Waals surface area contributed by atoms with Crippen LogP contribution in [0, 0.1) is 0 Å². The predicted octanol–water partition coefficient (Wildman–Crippen LogP) is 1.68. The van der Waals surface area contributed by atoms with Gasteiger partial charge >= 0.3 is 0 Å². The third-order valence-corrected chi connectivity index (χ3v) is 6.43. The zero-order valence-electron chi connectivity index (χ0n) is 16.7. The molecule has 1 atom stereocenters. The highest BCUT2D eigenvalue weighted by Crippen LogP contribution is 2.25. The summed E-state index contributed by atoms with van der Waals surface area (Å²) in [7, 11) is -1.61. The molecular formula is C21H25N3O5S. The topological polar surface area (TPSA) is 105 Å². The van der Waals surface area contributed by atoms with Gasteiger partial charge in [-0.05, 0) is 29.8 Å². The summed E-state index contributed by atoms with van der Waals surface area (Å²) < 4.78 is 28.4. The molecule has 9 heteroatoms. The van der Waals surface area contributed by atoms with Gasteiger partial charge < -0.3 is 15.4 Å². The molecule has 1 unspecified atom stereocenters. The molecule has 1 saturated heterocycles. The maximum atomic E-state index is 13.1. The second-order valence-corrected chi connectivity index (χ2v) is 9.35. The lowest BCUT2D eigenvalue weighted by Crippen LogP contribution is -2.46. The Hall–Kier alpha value is -2.75. The van der Waals surface area contributed by atoms with Gasteiger partial charge in [0, 0.05) is 31.6 Å². The van der Waals surface area contributed by atoms with Crippen LogP contribution in [0.4, 0.5) is 11.4 Å². The molecule has 1 aliphatic rings. The van der Waals surface area contributed by atoms with Crippen molar-refractivity contribution in [1.82, 2.24) is 4.90 Å². The first-order valence-corrected chi connectivity index (χ1v) is 11.4. The van der Waals surface area contributed by atoms with Crippen LogP contribution in [0.1, 0.15) is 11.6 Å². The van der Waals surface area contributed by atoms with E-state index in [0.29, 0.717) is 24.5 Å². The first-order chi connectivity index (χ1) is 14.4. The van der Waals surface area contributed by atoms with Crippen molar-refractivity contribution in [2.75, 3.05) is 48.9 Å². The van der Waals surface area contributed by atoms with Crippen LogP contribution in [0.15, 0.2) is 54.6 Å². The summed E-state index contributed by atoms with van der Waals surface area (Å²) in [6, 6.07) is 15.5. The lowest BCUT2D eigenvalue weighted by molar-refractivity contribution is -0.121. The SMILES string of the molecule is COCC(=O)Nc1ccc(NC(=O)C(c2ccccc2)N2CCS(=O)(=O)CC2)cc1. The Morgan fingerprint density at radius 1 is 0.967 bits per heavy atom. The molecule has 1 heterocycles. The molecule has 0 bridgehead atoms. The number of ether oxygens (including phenoxy) is 1. The lowest BCUT2D eigenvalue weighted by atomic mass is 10.0. The van der Waals surface area contributed by atoms with Crippen molar-refractivity contribution in [2.24, 2.45) is 0 Å². The summed E-state index contributed by atoms with van der Waals surface area (Å²) in [6.45, 7) is 0.572. The summed E-state index contributed by atoms with van der Waals surface area (Å²) >= 11 is 0. The number of nitrogens with one attached hydrogen (secondary N) is 2. The van der Waals surface area contributed by atoms with Crippen molar-refractivity contribution in [3.05, 3.63) is 60.2 Å². The standard InChI is InChI=1S/C21H25N3O5S/c1-29-15-19(25)22-17-7-9-18(10-8-17)23-21(26)20(16-5-3-2-4-6-16)24-11-13-30(27,28)14-12-24/h2-10,20H,11-15H2,1H3,(H,22,25)(H,23,26). The lowest BCUT2D eigenvalue weighted by Gasteiger charge is -2.33. The Morgan fingerprint density at radius 3 is 2.10 bits per heavy atom. The van der Waals surface area contributed by atoms with Crippen molar-refractivity contribution in [2.45, 2.75) is 6.04 Å². The molecule has 0 aliphatic carbocycles. The monoisotopic (exact) mass is 431 g/mol. The molecule has 0 spiro atoms. The second kappa shape index (κ2) is 9.84. The second-order valence-electron chi connectivity index (χ2n) is 7.05. The van der Waals surface area contributed by atoms with Gasteiger partial charge in [0.1, 0.15) is 12.6 Å². The van der Waals surface area contributed by atoms with E-state index in [2.05, 4.69) is 10.6 Å². The molecular weight excluding hydrogens is 406 g/mol. The van der Waals surface area contributed by atoms with Crippen molar-refractivity contribution in [3.8, 4) is 0 Å². The maximum absolute atomic E-state index is 13.1. The van der Waals surface area contributed by atoms with E-state index in [-0.39, 0.29) is 29.9 Å². The Labute approximate surface area is 176 Å². The number of hydrogen-bond acceptors (Lipinski definition) is 6. The van der Waals surface area contributed by atoms with Crippen LogP contribution in [0.2, 0.25) is 0 Å². The number of nitrogens with zero attached hydrogens (tertiary/aromatic N) is 1. The highest BCUT2D eigenvalue weighted by atomic mass is 32.2. The first kappa shape index (κ1) is 21.9. The van der Waals surface area contributed by atoms with Gasteiger partial charge in [0.15, 0.2) is 9.84 Å². The fraction of sp³-hybridized carbons (Fsp3) is 0.333. The molecule has 160 valence electrons. The molecule has 8 nitrogen and oxygen atoms in total.